The van der Waals surface area contributed by atoms with Gasteiger partial charge in [0.25, 0.3) is 0 Å². The largest absolute Gasteiger partial charge is 1.00 e. The molecule has 0 unspecified atom stereocenters. The summed E-state index contributed by atoms with van der Waals surface area (Å²) in [6, 6.07) is 0. The summed E-state index contributed by atoms with van der Waals surface area (Å²) >= 11 is 14.3. The van der Waals surface area contributed by atoms with Crippen molar-refractivity contribution in [3.63, 3.8) is 0 Å². The summed E-state index contributed by atoms with van der Waals surface area (Å²) in [6.07, 6.45) is 2.24. The minimum Gasteiger partial charge on any atom is -0.748 e. The fourth-order valence-corrected chi connectivity index (χ4v) is 1.94. The van der Waals surface area contributed by atoms with Crippen LogP contribution in [-0.2, 0) is 24.5 Å². The van der Waals surface area contributed by atoms with Crippen molar-refractivity contribution in [2.75, 3.05) is 5.75 Å². The van der Waals surface area contributed by atoms with E-state index < -0.39 is 39.3 Å². The van der Waals surface area contributed by atoms with Gasteiger partial charge in [0, 0.05) is 17.9 Å². The summed E-state index contributed by atoms with van der Waals surface area (Å²) in [7, 11) is -4.33. The molecule has 0 bridgehead atoms. The second kappa shape index (κ2) is 43.7. The van der Waals surface area contributed by atoms with Gasteiger partial charge >= 0.3 is 88.7 Å². The van der Waals surface area contributed by atoms with E-state index in [1.165, 1.54) is 43.5 Å². The Balaban J connectivity index is -0.0000000400. The number of rotatable bonds is 7. The fraction of sp³-hybridized carbons (Fsp3) is 0.286. The van der Waals surface area contributed by atoms with E-state index >= 15 is 0 Å². The molecule has 9 nitrogen and oxygen atoms in total. The second-order valence-corrected chi connectivity index (χ2v) is 8.00. The maximum atomic E-state index is 10.8. The summed E-state index contributed by atoms with van der Waals surface area (Å²) in [6.45, 7) is 23.1. The predicted octanol–water partition coefficient (Wildman–Crippen LogP) is -6.64. The third kappa shape index (κ3) is 103. The van der Waals surface area contributed by atoms with Crippen LogP contribution in [0.15, 0.2) is 73.8 Å². The van der Waals surface area contributed by atoms with Crippen molar-refractivity contribution in [2.45, 2.75) is 32.7 Å². The van der Waals surface area contributed by atoms with Gasteiger partial charge in [-0.1, -0.05) is 73.8 Å². The van der Waals surface area contributed by atoms with Crippen molar-refractivity contribution in [1.29, 1.82) is 0 Å². The van der Waals surface area contributed by atoms with Gasteiger partial charge in [0.05, 0.1) is 21.8 Å². The molecule has 198 valence electrons. The van der Waals surface area contributed by atoms with E-state index in [-0.39, 0.29) is 101 Å². The summed E-state index contributed by atoms with van der Waals surface area (Å²) in [5, 5.41) is 21.2. The molecular weight excluding hydrogens is 602 g/mol. The molecule has 0 saturated heterocycles. The number of hydrogen-bond acceptors (Lipinski definition) is 8. The monoisotopic (exact) mass is 631 g/mol. The SMILES string of the molecule is C=C(C)C(=O)[O-].C=CC(=O)NC(C)(C)CS(=O)(=O)[O-].C=CCC(=O)[O-].C=CCl.C=CCl.C=CCl.[Na+].[Na+].[Na+]. The maximum absolute atomic E-state index is 10.8. The first-order valence-electron chi connectivity index (χ1n) is 8.51. The Hall–Kier alpha value is 0.630. The first kappa shape index (κ1) is 61.6. The Morgan fingerprint density at radius 3 is 1.27 bits per heavy atom. The van der Waals surface area contributed by atoms with Crippen LogP contribution in [0.2, 0.25) is 0 Å². The van der Waals surface area contributed by atoms with E-state index in [1.54, 1.807) is 0 Å². The van der Waals surface area contributed by atoms with Crippen LogP contribution in [0.5, 0.6) is 0 Å². The van der Waals surface area contributed by atoms with Crippen molar-refractivity contribution in [3.8, 4) is 0 Å². The van der Waals surface area contributed by atoms with Gasteiger partial charge in [0.1, 0.15) is 0 Å². The number of hydrogen-bond donors (Lipinski definition) is 1. The average Bonchev–Trinajstić information content (AvgIpc) is 2.62. The zero-order valence-corrected chi connectivity index (χ0v) is 31.4. The van der Waals surface area contributed by atoms with Crippen LogP contribution in [0.25, 0.3) is 0 Å². The first-order valence-corrected chi connectivity index (χ1v) is 11.4. The molecule has 0 atom stereocenters. The first-order chi connectivity index (χ1) is 15.3. The van der Waals surface area contributed by atoms with Crippen molar-refractivity contribution in [2.24, 2.45) is 0 Å². The fourth-order valence-electron chi connectivity index (χ4n) is 0.980. The van der Waals surface area contributed by atoms with Crippen LogP contribution >= 0.6 is 34.8 Å². The third-order valence-electron chi connectivity index (χ3n) is 1.84. The molecular formula is C21H31Cl3NNa3O8S. The Labute approximate surface area is 302 Å². The molecule has 0 aliphatic carbocycles. The Morgan fingerprint density at radius 2 is 1.16 bits per heavy atom. The topological polar surface area (TPSA) is 167 Å². The van der Waals surface area contributed by atoms with E-state index in [9.17, 15) is 37.6 Å². The van der Waals surface area contributed by atoms with Gasteiger partial charge in [-0.15, -0.1) is 6.58 Å². The number of carboxylic acid groups (broad SMARTS) is 2. The van der Waals surface area contributed by atoms with Crippen LogP contribution in [0.4, 0.5) is 0 Å². The average molecular weight is 633 g/mol. The minimum absolute atomic E-state index is 0. The molecule has 0 spiro atoms. The van der Waals surface area contributed by atoms with Gasteiger partial charge in [-0.25, -0.2) is 8.42 Å². The molecule has 0 aromatic carbocycles. The Bertz CT molecular complexity index is 738. The minimum atomic E-state index is -4.33. The molecule has 16 heteroatoms. The molecule has 0 fully saturated rings. The van der Waals surface area contributed by atoms with Crippen molar-refractivity contribution < 1.29 is 126 Å². The smallest absolute Gasteiger partial charge is 0.748 e. The van der Waals surface area contributed by atoms with Gasteiger partial charge in [0.2, 0.25) is 5.91 Å². The molecule has 1 N–H and O–H groups in total. The summed E-state index contributed by atoms with van der Waals surface area (Å²) in [5.74, 6) is -3.41. The van der Waals surface area contributed by atoms with E-state index in [4.69, 9.17) is 34.8 Å². The van der Waals surface area contributed by atoms with Crippen LogP contribution in [0.3, 0.4) is 0 Å². The van der Waals surface area contributed by atoms with Gasteiger partial charge < -0.3 is 29.7 Å². The number of carbonyl (C=O) groups excluding carboxylic acids is 3. The second-order valence-electron chi connectivity index (χ2n) is 5.67. The molecule has 0 radical (unpaired) electrons. The number of amides is 1. The zero-order chi connectivity index (χ0) is 29.0. The van der Waals surface area contributed by atoms with Gasteiger partial charge in [-0.05, 0) is 49.0 Å². The number of halogens is 3. The standard InChI is InChI=1S/C7H13NO4S.2C4H6O2.3C2H3Cl.3Na/c1-4-6(9)8-7(2,3)5-13(10,11)12;1-3(2)4(5)6;1-2-3-4(5)6;3*1-2-3;;;/h4H,1,5H2,2-3H3,(H,8,9)(H,10,11,12);1H2,2H3,(H,5,6);2H,1,3H2,(H,5,6);3*2H,1H2;;;/q;;;;;;3*+1/p-3. The molecule has 1 amide bonds. The maximum Gasteiger partial charge on any atom is 1.00 e. The van der Waals surface area contributed by atoms with E-state index in [0.717, 1.165) is 6.08 Å². The quantitative estimate of drug-likeness (QED) is 0.125. The molecule has 0 heterocycles. The van der Waals surface area contributed by atoms with Crippen molar-refractivity contribution in [3.05, 3.63) is 73.8 Å². The molecule has 0 rings (SSSR count). The molecule has 0 aromatic rings. The van der Waals surface area contributed by atoms with E-state index in [2.05, 4.69) is 44.8 Å². The number of carbonyl (C=O) groups is 3. The van der Waals surface area contributed by atoms with Gasteiger partial charge in [-0.3, -0.25) is 4.79 Å². The number of nitrogens with one attached hydrogen (secondary N) is 1. The number of aliphatic carboxylic acids is 2. The van der Waals surface area contributed by atoms with Crippen LogP contribution in [-0.4, -0.2) is 42.1 Å². The molecule has 0 saturated carbocycles. The van der Waals surface area contributed by atoms with Crippen molar-refractivity contribution in [1.82, 2.24) is 5.32 Å². The summed E-state index contributed by atoms with van der Waals surface area (Å²) < 4.78 is 31.2. The summed E-state index contributed by atoms with van der Waals surface area (Å²) in [5.41, 5.74) is 2.67. The Morgan fingerprint density at radius 1 is 0.892 bits per heavy atom. The molecule has 37 heavy (non-hydrogen) atoms. The molecule has 0 aliphatic heterocycles. The van der Waals surface area contributed by atoms with Gasteiger partial charge in [0.15, 0.2) is 0 Å². The van der Waals surface area contributed by atoms with Crippen molar-refractivity contribution >= 4 is 62.8 Å². The molecule has 0 aliphatic rings. The van der Waals surface area contributed by atoms with E-state index in [0.29, 0.717) is 0 Å². The van der Waals surface area contributed by atoms with Crippen LogP contribution in [0.1, 0.15) is 27.2 Å². The molecule has 0 aromatic heterocycles. The van der Waals surface area contributed by atoms with Gasteiger partial charge in [-0.2, -0.15) is 0 Å². The number of carboxylic acids is 2. The van der Waals surface area contributed by atoms with Crippen LogP contribution < -0.4 is 104 Å². The van der Waals surface area contributed by atoms with E-state index in [1.807, 2.05) is 0 Å². The predicted molar refractivity (Wildman–Crippen MR) is 135 cm³/mol. The zero-order valence-electron chi connectivity index (χ0n) is 22.4. The third-order valence-corrected chi connectivity index (χ3v) is 2.92. The Kier molecular flexibility index (Phi) is 72.7. The summed E-state index contributed by atoms with van der Waals surface area (Å²) in [4.78, 5) is 29.7. The normalized spacial score (nSPS) is 7.76. The van der Waals surface area contributed by atoms with Crippen LogP contribution in [0, 0.1) is 0 Å².